The summed E-state index contributed by atoms with van der Waals surface area (Å²) in [7, 11) is 0. The predicted molar refractivity (Wildman–Crippen MR) is 158 cm³/mol. The number of hydrogen-bond donors (Lipinski definition) is 1. The van der Waals surface area contributed by atoms with Gasteiger partial charge in [-0.25, -0.2) is 9.97 Å². The summed E-state index contributed by atoms with van der Waals surface area (Å²) in [5.74, 6) is 1.40. The van der Waals surface area contributed by atoms with Gasteiger partial charge in [0.1, 0.15) is 11.0 Å². The zero-order valence-electron chi connectivity index (χ0n) is 21.6. The fourth-order valence-corrected chi connectivity index (χ4v) is 5.47. The van der Waals surface area contributed by atoms with Crippen molar-refractivity contribution in [3.63, 3.8) is 0 Å². The molecule has 8 heteroatoms. The van der Waals surface area contributed by atoms with E-state index in [1.165, 1.54) is 17.3 Å². The van der Waals surface area contributed by atoms with Gasteiger partial charge in [-0.05, 0) is 36.1 Å². The maximum absolute atomic E-state index is 12.8. The van der Waals surface area contributed by atoms with Gasteiger partial charge in [0, 0.05) is 56.1 Å². The molecule has 2 heterocycles. The van der Waals surface area contributed by atoms with Crippen molar-refractivity contribution in [1.29, 1.82) is 0 Å². The molecule has 4 rings (SSSR count). The summed E-state index contributed by atoms with van der Waals surface area (Å²) in [5, 5.41) is 4.22. The summed E-state index contributed by atoms with van der Waals surface area (Å²) in [4.78, 5) is 26.3. The van der Waals surface area contributed by atoms with Gasteiger partial charge < -0.3 is 10.2 Å². The summed E-state index contributed by atoms with van der Waals surface area (Å²) >= 11 is 7.77. The molecule has 1 fully saturated rings. The number of likely N-dealkylation sites (tertiary alicyclic amines) is 1. The lowest BCUT2D eigenvalue weighted by Crippen LogP contribution is -2.44. The Morgan fingerprint density at radius 2 is 1.71 bits per heavy atom. The molecule has 0 aliphatic carbocycles. The van der Waals surface area contributed by atoms with Crippen molar-refractivity contribution in [3.05, 3.63) is 108 Å². The highest BCUT2D eigenvalue weighted by Crippen LogP contribution is 2.25. The number of anilines is 1. The molecule has 38 heavy (non-hydrogen) atoms. The Kier molecular flexibility index (Phi) is 10.4. The first kappa shape index (κ1) is 27.9. The summed E-state index contributed by atoms with van der Waals surface area (Å²) < 4.78 is 0. The molecule has 0 bridgehead atoms. The maximum Gasteiger partial charge on any atom is 0.251 e. The lowest BCUT2D eigenvalue weighted by atomic mass is 10.0. The summed E-state index contributed by atoms with van der Waals surface area (Å²) in [6, 6.07) is 20.2. The van der Waals surface area contributed by atoms with E-state index in [-0.39, 0.29) is 11.9 Å². The molecule has 0 atom stereocenters. The van der Waals surface area contributed by atoms with Crippen LogP contribution in [0, 0.1) is 0 Å². The highest BCUT2D eigenvalue weighted by atomic mass is 35.5. The minimum absolute atomic E-state index is 0.0157. The number of nitrogens with zero attached hydrogens (tertiary/aromatic N) is 4. The number of hydrogen-bond acceptors (Lipinski definition) is 6. The smallest absolute Gasteiger partial charge is 0.251 e. The molecule has 1 amide bonds. The Morgan fingerprint density at radius 3 is 2.37 bits per heavy atom. The van der Waals surface area contributed by atoms with E-state index >= 15 is 0 Å². The molecule has 0 saturated carbocycles. The van der Waals surface area contributed by atoms with Crippen molar-refractivity contribution in [2.75, 3.05) is 31.1 Å². The van der Waals surface area contributed by atoms with Crippen LogP contribution in [-0.2, 0) is 12.3 Å². The summed E-state index contributed by atoms with van der Waals surface area (Å²) in [6.07, 6.45) is 5.57. The van der Waals surface area contributed by atoms with Crippen molar-refractivity contribution >= 4 is 35.1 Å². The molecule has 0 spiro atoms. The lowest BCUT2D eigenvalue weighted by molar-refractivity contribution is 0.0909. The first-order chi connectivity index (χ1) is 18.5. The van der Waals surface area contributed by atoms with Crippen LogP contribution < -0.4 is 10.2 Å². The number of carbonyl (C=O) groups is 1. The number of nitrogens with one attached hydrogen (secondary N) is 1. The van der Waals surface area contributed by atoms with Gasteiger partial charge in [0.05, 0.1) is 0 Å². The molecule has 1 saturated heterocycles. The van der Waals surface area contributed by atoms with Crippen molar-refractivity contribution in [2.24, 2.45) is 0 Å². The second kappa shape index (κ2) is 14.1. The predicted octanol–water partition coefficient (Wildman–Crippen LogP) is 6.00. The van der Waals surface area contributed by atoms with Crippen molar-refractivity contribution < 1.29 is 4.79 Å². The largest absolute Gasteiger partial charge is 0.349 e. The molecule has 6 nitrogen and oxygen atoms in total. The Morgan fingerprint density at radius 1 is 1.03 bits per heavy atom. The van der Waals surface area contributed by atoms with Crippen LogP contribution in [0.3, 0.4) is 0 Å². The van der Waals surface area contributed by atoms with Crippen LogP contribution in [0.1, 0.15) is 34.3 Å². The van der Waals surface area contributed by atoms with Crippen LogP contribution in [0.15, 0.2) is 91.1 Å². The third-order valence-corrected chi connectivity index (χ3v) is 7.55. The Labute approximate surface area is 234 Å². The number of piperidine rings is 1. The normalized spacial score (nSPS) is 14.1. The number of aromatic nitrogens is 2. The quantitative estimate of drug-likeness (QED) is 0.130. The second-order valence-electron chi connectivity index (χ2n) is 9.31. The lowest BCUT2D eigenvalue weighted by Gasteiger charge is -2.32. The van der Waals surface area contributed by atoms with Gasteiger partial charge in [0.25, 0.3) is 5.91 Å². The van der Waals surface area contributed by atoms with Crippen molar-refractivity contribution in [1.82, 2.24) is 20.2 Å². The van der Waals surface area contributed by atoms with Crippen LogP contribution in [0.5, 0.6) is 0 Å². The van der Waals surface area contributed by atoms with E-state index < -0.39 is 0 Å². The third-order valence-electron chi connectivity index (χ3n) is 6.44. The van der Waals surface area contributed by atoms with Crippen LogP contribution in [0.4, 0.5) is 5.82 Å². The van der Waals surface area contributed by atoms with Crippen molar-refractivity contribution in [3.8, 4) is 0 Å². The van der Waals surface area contributed by atoms with E-state index in [0.29, 0.717) is 34.7 Å². The number of benzene rings is 2. The Hall–Kier alpha value is -3.13. The number of amides is 1. The summed E-state index contributed by atoms with van der Waals surface area (Å²) in [5.41, 5.74) is 3.09. The van der Waals surface area contributed by atoms with Crippen LogP contribution >= 0.6 is 23.4 Å². The molecule has 1 N–H and O–H groups in total. The fourth-order valence-electron chi connectivity index (χ4n) is 4.43. The first-order valence-corrected chi connectivity index (χ1v) is 14.2. The molecule has 1 aliphatic heterocycles. The molecular weight excluding hydrogens is 514 g/mol. The van der Waals surface area contributed by atoms with E-state index in [1.54, 1.807) is 6.07 Å². The van der Waals surface area contributed by atoms with E-state index in [1.807, 2.05) is 47.4 Å². The number of carbonyl (C=O) groups excluding carboxylic acids is 1. The van der Waals surface area contributed by atoms with E-state index in [9.17, 15) is 4.79 Å². The molecule has 0 unspecified atom stereocenters. The van der Waals surface area contributed by atoms with E-state index in [2.05, 4.69) is 57.6 Å². The minimum atomic E-state index is -0.0157. The molecule has 1 aliphatic rings. The molecule has 3 aromatic rings. The van der Waals surface area contributed by atoms with Gasteiger partial charge in [-0.3, -0.25) is 9.69 Å². The average Bonchev–Trinajstić information content (AvgIpc) is 2.93. The van der Waals surface area contributed by atoms with E-state index in [4.69, 9.17) is 11.6 Å². The average molecular weight is 548 g/mol. The third kappa shape index (κ3) is 8.18. The van der Waals surface area contributed by atoms with Gasteiger partial charge in [-0.1, -0.05) is 78.0 Å². The standard InChI is InChI=1S/C30H34ClN5OS/c1-3-16-36(17-4-2)28-20-27(31)33-30(34-28)38-22-24-10-12-25(13-11-24)29(37)32-26-14-18-35(19-15-26)21-23-8-6-5-7-9-23/h3-13,20,26H,1-2,14-19,21-22H2,(H,32,37). The van der Waals surface area contributed by atoms with E-state index in [0.717, 1.165) is 43.9 Å². The zero-order chi connectivity index (χ0) is 26.7. The van der Waals surface area contributed by atoms with Crippen LogP contribution in [0.2, 0.25) is 5.15 Å². The van der Waals surface area contributed by atoms with Crippen LogP contribution in [-0.4, -0.2) is 53.0 Å². The maximum atomic E-state index is 12.8. The van der Waals surface area contributed by atoms with Crippen molar-refractivity contribution in [2.45, 2.75) is 36.3 Å². The van der Waals surface area contributed by atoms with Crippen LogP contribution in [0.25, 0.3) is 0 Å². The minimum Gasteiger partial charge on any atom is -0.349 e. The summed E-state index contributed by atoms with van der Waals surface area (Å²) in [6.45, 7) is 11.8. The topological polar surface area (TPSA) is 61.4 Å². The SMILES string of the molecule is C=CCN(CC=C)c1cc(Cl)nc(SCc2ccc(C(=O)NC3CCN(Cc4ccccc4)CC3)cc2)n1. The zero-order valence-corrected chi connectivity index (χ0v) is 23.1. The van der Waals surface area contributed by atoms with Gasteiger partial charge in [0.15, 0.2) is 5.16 Å². The highest BCUT2D eigenvalue weighted by Gasteiger charge is 2.21. The monoisotopic (exact) mass is 547 g/mol. The number of rotatable bonds is 12. The molecule has 2 aromatic carbocycles. The Bertz CT molecular complexity index is 1200. The molecular formula is C30H34ClN5OS. The Balaban J connectivity index is 1.26. The number of halogens is 1. The van der Waals surface area contributed by atoms with Gasteiger partial charge in [-0.15, -0.1) is 13.2 Å². The molecule has 1 aromatic heterocycles. The second-order valence-corrected chi connectivity index (χ2v) is 10.6. The molecule has 0 radical (unpaired) electrons. The van der Waals surface area contributed by atoms with Gasteiger partial charge >= 0.3 is 0 Å². The number of thioether (sulfide) groups is 1. The highest BCUT2D eigenvalue weighted by molar-refractivity contribution is 7.98. The molecule has 198 valence electrons. The van der Waals surface area contributed by atoms with Gasteiger partial charge in [-0.2, -0.15) is 0 Å². The fraction of sp³-hybridized carbons (Fsp3) is 0.300. The van der Waals surface area contributed by atoms with Gasteiger partial charge in [0.2, 0.25) is 0 Å². The first-order valence-electron chi connectivity index (χ1n) is 12.8.